The Morgan fingerprint density at radius 1 is 1.31 bits per heavy atom. The second kappa shape index (κ2) is 6.88. The SMILES string of the molecule is CCCC1CCCC(C=N)C(=C(C)C)CC1. The number of nitrogens with one attached hydrogen (secondary N) is 1. The van der Waals surface area contributed by atoms with E-state index in [1.54, 1.807) is 11.8 Å². The lowest BCUT2D eigenvalue weighted by Crippen LogP contribution is -2.14. The molecule has 16 heavy (non-hydrogen) atoms. The molecule has 2 unspecified atom stereocenters. The fourth-order valence-electron chi connectivity index (χ4n) is 2.99. The van der Waals surface area contributed by atoms with Crippen molar-refractivity contribution in [1.29, 1.82) is 5.41 Å². The summed E-state index contributed by atoms with van der Waals surface area (Å²) in [6.07, 6.45) is 10.8. The third-order valence-corrected chi connectivity index (χ3v) is 3.94. The van der Waals surface area contributed by atoms with E-state index in [0.29, 0.717) is 5.92 Å². The van der Waals surface area contributed by atoms with Crippen LogP contribution in [0.15, 0.2) is 11.1 Å². The Balaban J connectivity index is 2.67. The van der Waals surface area contributed by atoms with E-state index < -0.39 is 0 Å². The zero-order chi connectivity index (χ0) is 12.0. The first-order chi connectivity index (χ1) is 7.69. The molecule has 1 aliphatic rings. The van der Waals surface area contributed by atoms with Gasteiger partial charge in [-0.25, -0.2) is 0 Å². The molecular weight excluding hydrogens is 194 g/mol. The monoisotopic (exact) mass is 221 g/mol. The largest absolute Gasteiger partial charge is 0.312 e. The molecule has 1 fully saturated rings. The van der Waals surface area contributed by atoms with Crippen LogP contribution in [0.25, 0.3) is 0 Å². The standard InChI is InChI=1S/C15H27N/c1-4-6-13-7-5-8-14(11-16)15(10-9-13)12(2)3/h11,13-14,16H,4-10H2,1-3H3. The van der Waals surface area contributed by atoms with Crippen LogP contribution in [0.2, 0.25) is 0 Å². The van der Waals surface area contributed by atoms with Gasteiger partial charge in [-0.2, -0.15) is 0 Å². The topological polar surface area (TPSA) is 23.9 Å². The predicted molar refractivity (Wildman–Crippen MR) is 72.1 cm³/mol. The maximum atomic E-state index is 7.56. The number of hydrogen-bond acceptors (Lipinski definition) is 1. The first-order valence-corrected chi connectivity index (χ1v) is 6.85. The van der Waals surface area contributed by atoms with Crippen molar-refractivity contribution in [2.45, 2.75) is 65.7 Å². The van der Waals surface area contributed by atoms with Gasteiger partial charge in [0.25, 0.3) is 0 Å². The van der Waals surface area contributed by atoms with Crippen molar-refractivity contribution in [1.82, 2.24) is 0 Å². The molecule has 0 aromatic carbocycles. The lowest BCUT2D eigenvalue weighted by atomic mass is 9.80. The summed E-state index contributed by atoms with van der Waals surface area (Å²) in [5, 5.41) is 7.56. The van der Waals surface area contributed by atoms with Crippen molar-refractivity contribution in [2.75, 3.05) is 0 Å². The lowest BCUT2D eigenvalue weighted by molar-refractivity contribution is 0.370. The average Bonchev–Trinajstić information content (AvgIpc) is 2.21. The van der Waals surface area contributed by atoms with Crippen LogP contribution in [0.4, 0.5) is 0 Å². The molecule has 0 saturated heterocycles. The highest BCUT2D eigenvalue weighted by molar-refractivity contribution is 5.62. The molecule has 0 aliphatic heterocycles. The molecule has 0 heterocycles. The van der Waals surface area contributed by atoms with Crippen LogP contribution in [0.5, 0.6) is 0 Å². The van der Waals surface area contributed by atoms with Gasteiger partial charge in [-0.15, -0.1) is 0 Å². The van der Waals surface area contributed by atoms with Crippen LogP contribution in [0.1, 0.15) is 65.7 Å². The Morgan fingerprint density at radius 3 is 2.62 bits per heavy atom. The molecule has 92 valence electrons. The summed E-state index contributed by atoms with van der Waals surface area (Å²) in [5.41, 5.74) is 3.00. The van der Waals surface area contributed by atoms with Crippen molar-refractivity contribution < 1.29 is 0 Å². The van der Waals surface area contributed by atoms with Crippen LogP contribution >= 0.6 is 0 Å². The molecule has 0 aromatic heterocycles. The Labute approximate surface area is 101 Å². The van der Waals surface area contributed by atoms with E-state index in [1.165, 1.54) is 50.5 Å². The molecule has 1 N–H and O–H groups in total. The van der Waals surface area contributed by atoms with E-state index in [0.717, 1.165) is 5.92 Å². The Morgan fingerprint density at radius 2 is 2.06 bits per heavy atom. The van der Waals surface area contributed by atoms with E-state index in [9.17, 15) is 0 Å². The third kappa shape index (κ3) is 3.77. The average molecular weight is 221 g/mol. The van der Waals surface area contributed by atoms with Crippen LogP contribution < -0.4 is 0 Å². The number of rotatable bonds is 3. The molecule has 0 aromatic rings. The van der Waals surface area contributed by atoms with Crippen molar-refractivity contribution in [3.8, 4) is 0 Å². The molecule has 1 rings (SSSR count). The minimum absolute atomic E-state index is 0.438. The van der Waals surface area contributed by atoms with Crippen LogP contribution in [-0.4, -0.2) is 6.21 Å². The summed E-state index contributed by atoms with van der Waals surface area (Å²) in [6, 6.07) is 0. The molecule has 2 atom stereocenters. The van der Waals surface area contributed by atoms with Crippen LogP contribution in [0, 0.1) is 17.2 Å². The zero-order valence-corrected chi connectivity index (χ0v) is 11.2. The molecule has 0 radical (unpaired) electrons. The zero-order valence-electron chi connectivity index (χ0n) is 11.2. The number of allylic oxidation sites excluding steroid dienone is 2. The van der Waals surface area contributed by atoms with Crippen molar-refractivity contribution in [3.05, 3.63) is 11.1 Å². The number of hydrogen-bond donors (Lipinski definition) is 1. The summed E-state index contributed by atoms with van der Waals surface area (Å²) >= 11 is 0. The van der Waals surface area contributed by atoms with Crippen LogP contribution in [-0.2, 0) is 0 Å². The summed E-state index contributed by atoms with van der Waals surface area (Å²) in [5.74, 6) is 1.37. The first-order valence-electron chi connectivity index (χ1n) is 6.85. The van der Waals surface area contributed by atoms with E-state index in [-0.39, 0.29) is 0 Å². The molecule has 1 heteroatoms. The van der Waals surface area contributed by atoms with Gasteiger partial charge in [0, 0.05) is 12.1 Å². The van der Waals surface area contributed by atoms with Crippen LogP contribution in [0.3, 0.4) is 0 Å². The highest BCUT2D eigenvalue weighted by atomic mass is 14.4. The summed E-state index contributed by atoms with van der Waals surface area (Å²) < 4.78 is 0. The quantitative estimate of drug-likeness (QED) is 0.514. The van der Waals surface area contributed by atoms with E-state index in [1.807, 2.05) is 0 Å². The summed E-state index contributed by atoms with van der Waals surface area (Å²) in [7, 11) is 0. The normalized spacial score (nSPS) is 27.1. The molecule has 1 aliphatic carbocycles. The van der Waals surface area contributed by atoms with Gasteiger partial charge in [0.15, 0.2) is 0 Å². The maximum absolute atomic E-state index is 7.56. The van der Waals surface area contributed by atoms with Gasteiger partial charge >= 0.3 is 0 Å². The van der Waals surface area contributed by atoms with E-state index >= 15 is 0 Å². The van der Waals surface area contributed by atoms with E-state index in [2.05, 4.69) is 20.8 Å². The second-order valence-electron chi connectivity index (χ2n) is 5.42. The van der Waals surface area contributed by atoms with Crippen molar-refractivity contribution in [3.63, 3.8) is 0 Å². The molecule has 0 amide bonds. The highest BCUT2D eigenvalue weighted by Crippen LogP contribution is 2.32. The van der Waals surface area contributed by atoms with Crippen molar-refractivity contribution in [2.24, 2.45) is 11.8 Å². The first kappa shape index (κ1) is 13.5. The van der Waals surface area contributed by atoms with E-state index in [4.69, 9.17) is 5.41 Å². The minimum atomic E-state index is 0.438. The Hall–Kier alpha value is -0.590. The molecule has 0 bridgehead atoms. The summed E-state index contributed by atoms with van der Waals surface area (Å²) in [6.45, 7) is 6.71. The summed E-state index contributed by atoms with van der Waals surface area (Å²) in [4.78, 5) is 0. The second-order valence-corrected chi connectivity index (χ2v) is 5.42. The van der Waals surface area contributed by atoms with Gasteiger partial charge in [0.2, 0.25) is 0 Å². The lowest BCUT2D eigenvalue weighted by Gasteiger charge is -2.26. The van der Waals surface area contributed by atoms with Gasteiger partial charge in [0.05, 0.1) is 0 Å². The molecular formula is C15H27N. The third-order valence-electron chi connectivity index (χ3n) is 3.94. The van der Waals surface area contributed by atoms with Gasteiger partial charge in [-0.3, -0.25) is 0 Å². The van der Waals surface area contributed by atoms with Gasteiger partial charge in [-0.1, -0.05) is 43.8 Å². The Kier molecular flexibility index (Phi) is 5.79. The highest BCUT2D eigenvalue weighted by Gasteiger charge is 2.19. The predicted octanol–water partition coefficient (Wildman–Crippen LogP) is 4.97. The Bertz CT molecular complexity index is 248. The van der Waals surface area contributed by atoms with Crippen molar-refractivity contribution >= 4 is 6.21 Å². The fourth-order valence-corrected chi connectivity index (χ4v) is 2.99. The smallest absolute Gasteiger partial charge is 0.0147 e. The minimum Gasteiger partial charge on any atom is -0.312 e. The molecule has 1 nitrogen and oxygen atoms in total. The van der Waals surface area contributed by atoms with Gasteiger partial charge in [-0.05, 0) is 39.0 Å². The fraction of sp³-hybridized carbons (Fsp3) is 0.800. The molecule has 1 saturated carbocycles. The van der Waals surface area contributed by atoms with Gasteiger partial charge in [0.1, 0.15) is 0 Å². The van der Waals surface area contributed by atoms with Gasteiger partial charge < -0.3 is 5.41 Å². The molecule has 0 spiro atoms. The maximum Gasteiger partial charge on any atom is 0.0147 e.